The van der Waals surface area contributed by atoms with Crippen molar-refractivity contribution in [2.24, 2.45) is 4.36 Å². The molecule has 2 aromatic carbocycles. The second-order valence-electron chi connectivity index (χ2n) is 10.3. The summed E-state index contributed by atoms with van der Waals surface area (Å²) in [5.74, 6) is -0.784. The number of nitrogens with two attached hydrogens (primary N) is 1. The molecule has 1 aromatic heterocycles. The zero-order valence-corrected chi connectivity index (χ0v) is 24.9. The first-order valence-corrected chi connectivity index (χ1v) is 15.2. The number of nitrogen functional groups attached to an aromatic ring is 1. The normalized spacial score (nSPS) is 12.9. The van der Waals surface area contributed by atoms with Crippen molar-refractivity contribution in [2.45, 2.75) is 51.4 Å². The van der Waals surface area contributed by atoms with Crippen LogP contribution in [-0.4, -0.2) is 45.3 Å². The minimum Gasteiger partial charge on any atom is -0.494 e. The van der Waals surface area contributed by atoms with Crippen LogP contribution in [0.2, 0.25) is 5.28 Å². The Morgan fingerprint density at radius 3 is 2.46 bits per heavy atom. The number of benzene rings is 2. The highest BCUT2D eigenvalue weighted by Gasteiger charge is 2.18. The lowest BCUT2D eigenvalue weighted by molar-refractivity contribution is 0.0607. The molecule has 0 radical (unpaired) electrons. The third-order valence-electron chi connectivity index (χ3n) is 5.32. The van der Waals surface area contributed by atoms with Gasteiger partial charge in [0, 0.05) is 23.6 Å². The first-order valence-electron chi connectivity index (χ1n) is 12.8. The topological polar surface area (TPSA) is 126 Å². The van der Waals surface area contributed by atoms with Gasteiger partial charge in [-0.2, -0.15) is 0 Å². The SMILES string of the molecule is CC(C)(C)OC(=O)N=S(C)(=O)Cc1cc(N)cc(OCCCCCOc2cc(-c3nc(Cl)ncc3F)ccc2F)c1. The van der Waals surface area contributed by atoms with Crippen molar-refractivity contribution in [2.75, 3.05) is 25.2 Å². The van der Waals surface area contributed by atoms with Gasteiger partial charge in [-0.05, 0) is 87.5 Å². The molecule has 0 bridgehead atoms. The molecule has 3 aromatic rings. The van der Waals surface area contributed by atoms with E-state index in [9.17, 15) is 17.8 Å². The van der Waals surface area contributed by atoms with Gasteiger partial charge in [0.15, 0.2) is 17.4 Å². The van der Waals surface area contributed by atoms with Crippen LogP contribution in [0.5, 0.6) is 11.5 Å². The summed E-state index contributed by atoms with van der Waals surface area (Å²) in [6.45, 7) is 5.72. The first-order chi connectivity index (χ1) is 19.2. The fraction of sp³-hybridized carbons (Fsp3) is 0.393. The molecule has 13 heteroatoms. The Morgan fingerprint density at radius 1 is 1.05 bits per heavy atom. The average Bonchev–Trinajstić information content (AvgIpc) is 2.83. The molecule has 1 atom stereocenters. The van der Waals surface area contributed by atoms with E-state index in [1.54, 1.807) is 39.0 Å². The average molecular weight is 611 g/mol. The summed E-state index contributed by atoms with van der Waals surface area (Å²) in [5, 5.41) is -0.122. The Kier molecular flexibility index (Phi) is 10.9. The van der Waals surface area contributed by atoms with Gasteiger partial charge in [0.2, 0.25) is 5.28 Å². The van der Waals surface area contributed by atoms with Gasteiger partial charge >= 0.3 is 6.09 Å². The maximum atomic E-state index is 14.2. The molecule has 9 nitrogen and oxygen atoms in total. The quantitative estimate of drug-likeness (QED) is 0.142. The highest BCUT2D eigenvalue weighted by Crippen LogP contribution is 2.28. The van der Waals surface area contributed by atoms with E-state index in [2.05, 4.69) is 14.3 Å². The number of amides is 1. The van der Waals surface area contributed by atoms with Crippen LogP contribution in [-0.2, 0) is 20.2 Å². The highest BCUT2D eigenvalue weighted by atomic mass is 35.5. The van der Waals surface area contributed by atoms with E-state index < -0.39 is 33.1 Å². The maximum absolute atomic E-state index is 14.2. The first kappa shape index (κ1) is 32.0. The molecule has 1 unspecified atom stereocenters. The molecule has 41 heavy (non-hydrogen) atoms. The predicted octanol–water partition coefficient (Wildman–Crippen LogP) is 6.82. The number of rotatable bonds is 11. The van der Waals surface area contributed by atoms with Gasteiger partial charge in [-0.25, -0.2) is 27.8 Å². The number of carbonyl (C=O) groups is 1. The van der Waals surface area contributed by atoms with Crippen molar-refractivity contribution >= 4 is 33.1 Å². The zero-order valence-electron chi connectivity index (χ0n) is 23.3. The second kappa shape index (κ2) is 13.9. The van der Waals surface area contributed by atoms with Gasteiger partial charge < -0.3 is 19.9 Å². The van der Waals surface area contributed by atoms with E-state index in [-0.39, 0.29) is 29.1 Å². The van der Waals surface area contributed by atoms with Crippen molar-refractivity contribution < 1.29 is 32.0 Å². The van der Waals surface area contributed by atoms with Crippen LogP contribution in [0, 0.1) is 11.6 Å². The maximum Gasteiger partial charge on any atom is 0.442 e. The number of hydrogen-bond acceptors (Lipinski definition) is 8. The molecule has 0 saturated carbocycles. The Labute approximate surface area is 243 Å². The van der Waals surface area contributed by atoms with E-state index in [4.69, 9.17) is 31.5 Å². The van der Waals surface area contributed by atoms with Gasteiger partial charge in [-0.15, -0.1) is 4.36 Å². The smallest absolute Gasteiger partial charge is 0.442 e. The molecule has 0 saturated heterocycles. The lowest BCUT2D eigenvalue weighted by atomic mass is 10.1. The number of aromatic nitrogens is 2. The van der Waals surface area contributed by atoms with Crippen molar-refractivity contribution in [1.29, 1.82) is 0 Å². The van der Waals surface area contributed by atoms with Crippen LogP contribution in [0.1, 0.15) is 45.6 Å². The summed E-state index contributed by atoms with van der Waals surface area (Å²) in [6, 6.07) is 8.94. The fourth-order valence-electron chi connectivity index (χ4n) is 3.69. The molecule has 0 aliphatic carbocycles. The highest BCUT2D eigenvalue weighted by molar-refractivity contribution is 7.92. The van der Waals surface area contributed by atoms with Crippen molar-refractivity contribution in [3.05, 3.63) is 65.1 Å². The number of unbranched alkanes of at least 4 members (excludes halogenated alkanes) is 2. The van der Waals surface area contributed by atoms with Crippen LogP contribution in [0.3, 0.4) is 0 Å². The van der Waals surface area contributed by atoms with E-state index in [1.165, 1.54) is 24.5 Å². The Balaban J connectivity index is 1.47. The van der Waals surface area contributed by atoms with E-state index in [0.29, 0.717) is 42.0 Å². The third-order valence-corrected chi connectivity index (χ3v) is 6.90. The molecule has 3 rings (SSSR count). The second-order valence-corrected chi connectivity index (χ2v) is 13.1. The molecule has 0 aliphatic heterocycles. The van der Waals surface area contributed by atoms with Gasteiger partial charge in [-0.1, -0.05) is 0 Å². The van der Waals surface area contributed by atoms with Gasteiger partial charge in [0.25, 0.3) is 0 Å². The van der Waals surface area contributed by atoms with Crippen LogP contribution >= 0.6 is 11.6 Å². The Morgan fingerprint density at radius 2 is 1.76 bits per heavy atom. The molecule has 1 amide bonds. The zero-order chi connectivity index (χ0) is 30.2. The van der Waals surface area contributed by atoms with Crippen LogP contribution in [0.25, 0.3) is 11.3 Å². The summed E-state index contributed by atoms with van der Waals surface area (Å²) in [5.41, 5.74) is 6.55. The van der Waals surface area contributed by atoms with E-state index in [1.807, 2.05) is 0 Å². The molecule has 0 fully saturated rings. The summed E-state index contributed by atoms with van der Waals surface area (Å²) in [6.07, 6.45) is 3.48. The van der Waals surface area contributed by atoms with Crippen LogP contribution in [0.4, 0.5) is 19.3 Å². The fourth-order valence-corrected chi connectivity index (χ4v) is 5.03. The summed E-state index contributed by atoms with van der Waals surface area (Å²) >= 11 is 5.75. The Bertz CT molecular complexity index is 1510. The van der Waals surface area contributed by atoms with Crippen molar-refractivity contribution in [3.63, 3.8) is 0 Å². The third kappa shape index (κ3) is 10.8. The van der Waals surface area contributed by atoms with Crippen molar-refractivity contribution in [3.8, 4) is 22.8 Å². The monoisotopic (exact) mass is 610 g/mol. The van der Waals surface area contributed by atoms with E-state index in [0.717, 1.165) is 12.6 Å². The molecule has 2 N–H and O–H groups in total. The Hall–Kier alpha value is -3.51. The largest absolute Gasteiger partial charge is 0.494 e. The minimum atomic E-state index is -2.91. The van der Waals surface area contributed by atoms with Gasteiger partial charge in [0.1, 0.15) is 17.0 Å². The van der Waals surface area contributed by atoms with Crippen LogP contribution in [0.15, 0.2) is 47.0 Å². The molecule has 0 aliphatic rings. The molecular formula is C28H33ClF2N4O5S. The standard InChI is InChI=1S/C28H33ClF2N4O5S/c1-28(2,3)40-27(36)35-41(4,37)17-18-12-20(32)15-21(13-18)38-10-6-5-7-11-39-24-14-19(8-9-22(24)30)25-23(31)16-33-26(29)34-25/h8-9,12-16H,5-7,10-11,17,32H2,1-4H3. The summed E-state index contributed by atoms with van der Waals surface area (Å²) < 4.78 is 61.4. The van der Waals surface area contributed by atoms with Crippen molar-refractivity contribution in [1.82, 2.24) is 9.97 Å². The number of ether oxygens (including phenoxy) is 3. The molecular weight excluding hydrogens is 578 g/mol. The lowest BCUT2D eigenvalue weighted by Gasteiger charge is -2.17. The number of carbonyl (C=O) groups excluding carboxylic acids is 1. The molecule has 1 heterocycles. The van der Waals surface area contributed by atoms with Crippen LogP contribution < -0.4 is 15.2 Å². The molecule has 222 valence electrons. The summed E-state index contributed by atoms with van der Waals surface area (Å²) in [7, 11) is -2.91. The minimum absolute atomic E-state index is 0.000351. The predicted molar refractivity (Wildman–Crippen MR) is 155 cm³/mol. The van der Waals surface area contributed by atoms with Gasteiger partial charge in [0.05, 0.1) is 34.9 Å². The van der Waals surface area contributed by atoms with Gasteiger partial charge in [-0.3, -0.25) is 0 Å². The number of anilines is 1. The number of hydrogen-bond donors (Lipinski definition) is 1. The number of halogens is 3. The van der Waals surface area contributed by atoms with E-state index >= 15 is 0 Å². The summed E-state index contributed by atoms with van der Waals surface area (Å²) in [4.78, 5) is 19.4. The molecule has 0 spiro atoms. The number of nitrogens with zero attached hydrogens (tertiary/aromatic N) is 3. The lowest BCUT2D eigenvalue weighted by Crippen LogP contribution is -2.22.